The zero-order valence-electron chi connectivity index (χ0n) is 22.3. The Hall–Kier alpha value is -4.19. The second-order valence-electron chi connectivity index (χ2n) is 9.62. The molecule has 0 N–H and O–H groups in total. The van der Waals surface area contributed by atoms with Gasteiger partial charge < -0.3 is 14.1 Å². The lowest BCUT2D eigenvalue weighted by Crippen LogP contribution is -2.21. The van der Waals surface area contributed by atoms with Crippen molar-refractivity contribution in [2.45, 2.75) is 59.6 Å². The number of aromatic nitrogens is 1. The van der Waals surface area contributed by atoms with E-state index in [9.17, 15) is 9.59 Å². The molecule has 0 spiro atoms. The Morgan fingerprint density at radius 3 is 2.58 bits per heavy atom. The molecule has 0 saturated heterocycles. The second-order valence-corrected chi connectivity index (χ2v) is 9.62. The molecular formula is C32H32N2O4. The first kappa shape index (κ1) is 25.5. The third kappa shape index (κ3) is 4.51. The van der Waals surface area contributed by atoms with E-state index in [-0.39, 0.29) is 11.9 Å². The fraction of sp³-hybridized carbons (Fsp3) is 0.281. The van der Waals surface area contributed by atoms with E-state index >= 15 is 0 Å². The molecule has 0 fully saturated rings. The molecule has 5 rings (SSSR count). The summed E-state index contributed by atoms with van der Waals surface area (Å²) in [7, 11) is 0. The third-order valence-corrected chi connectivity index (χ3v) is 7.04. The standard InChI is InChI=1S/C32H32N2O4/c1-5-7-8-9-14-28-30(33-38-21(4)35)24-16-18-27-29(32(24)37-28)25-19-22(15-17-26(25)34(27)6-2)31(36)23-13-11-10-12-20(23)3/h8-13,15-19,28H,5-7,14H2,1-4H3/b9-8+,33-30-. The van der Waals surface area contributed by atoms with E-state index in [1.807, 2.05) is 55.5 Å². The largest absolute Gasteiger partial charge is 0.482 e. The van der Waals surface area contributed by atoms with Gasteiger partial charge in [0.2, 0.25) is 0 Å². The van der Waals surface area contributed by atoms with E-state index in [2.05, 4.69) is 41.8 Å². The molecule has 3 aromatic carbocycles. The number of fused-ring (bicyclic) bond motifs is 5. The number of unbranched alkanes of at least 4 members (excludes halogenated alkanes) is 1. The molecule has 1 atom stereocenters. The van der Waals surface area contributed by atoms with Crippen LogP contribution < -0.4 is 4.74 Å². The molecule has 1 aromatic heterocycles. The van der Waals surface area contributed by atoms with Gasteiger partial charge in [0.25, 0.3) is 0 Å². The first-order valence-corrected chi connectivity index (χ1v) is 13.2. The molecule has 0 saturated carbocycles. The highest BCUT2D eigenvalue weighted by molar-refractivity contribution is 6.20. The van der Waals surface area contributed by atoms with Crippen LogP contribution in [-0.4, -0.2) is 28.1 Å². The van der Waals surface area contributed by atoms with Crippen molar-refractivity contribution >= 4 is 39.3 Å². The summed E-state index contributed by atoms with van der Waals surface area (Å²) in [4.78, 5) is 30.1. The molecule has 1 aliphatic heterocycles. The normalized spacial score (nSPS) is 15.9. The molecule has 38 heavy (non-hydrogen) atoms. The van der Waals surface area contributed by atoms with Gasteiger partial charge in [0, 0.05) is 47.5 Å². The number of nitrogens with zero attached hydrogens (tertiary/aromatic N) is 2. The Kier molecular flexibility index (Phi) is 7.14. The highest BCUT2D eigenvalue weighted by Gasteiger charge is 2.34. The summed E-state index contributed by atoms with van der Waals surface area (Å²) in [5.74, 6) is 0.223. The van der Waals surface area contributed by atoms with E-state index in [1.165, 1.54) is 6.92 Å². The molecule has 4 aromatic rings. The molecule has 0 amide bonds. The van der Waals surface area contributed by atoms with Crippen LogP contribution in [0.3, 0.4) is 0 Å². The van der Waals surface area contributed by atoms with Crippen molar-refractivity contribution in [2.75, 3.05) is 0 Å². The van der Waals surface area contributed by atoms with Crippen LogP contribution in [0.15, 0.2) is 71.9 Å². The van der Waals surface area contributed by atoms with Gasteiger partial charge in [-0.15, -0.1) is 0 Å². The van der Waals surface area contributed by atoms with Crippen molar-refractivity contribution in [3.8, 4) is 5.75 Å². The lowest BCUT2D eigenvalue weighted by Gasteiger charge is -2.09. The Labute approximate surface area is 222 Å². The van der Waals surface area contributed by atoms with Gasteiger partial charge in [0.1, 0.15) is 17.6 Å². The molecule has 2 heterocycles. The van der Waals surface area contributed by atoms with Crippen molar-refractivity contribution in [2.24, 2.45) is 5.16 Å². The Bertz CT molecular complexity index is 1610. The average molecular weight is 509 g/mol. The number of hydrogen-bond acceptors (Lipinski definition) is 5. The van der Waals surface area contributed by atoms with Crippen LogP contribution in [0, 0.1) is 6.92 Å². The van der Waals surface area contributed by atoms with Crippen molar-refractivity contribution in [3.63, 3.8) is 0 Å². The molecule has 6 nitrogen and oxygen atoms in total. The first-order valence-electron chi connectivity index (χ1n) is 13.2. The topological polar surface area (TPSA) is 69.9 Å². The number of hydrogen-bond donors (Lipinski definition) is 0. The maximum absolute atomic E-state index is 13.5. The predicted octanol–water partition coefficient (Wildman–Crippen LogP) is 7.13. The van der Waals surface area contributed by atoms with Gasteiger partial charge in [-0.3, -0.25) is 4.79 Å². The maximum Gasteiger partial charge on any atom is 0.331 e. The Morgan fingerprint density at radius 2 is 1.84 bits per heavy atom. The highest BCUT2D eigenvalue weighted by atomic mass is 16.7. The van der Waals surface area contributed by atoms with E-state index < -0.39 is 5.97 Å². The molecule has 0 bridgehead atoms. The number of ketones is 1. The fourth-order valence-corrected chi connectivity index (χ4v) is 5.21. The second kappa shape index (κ2) is 10.7. The number of allylic oxidation sites excluding steroid dienone is 1. The van der Waals surface area contributed by atoms with Crippen LogP contribution in [0.5, 0.6) is 5.75 Å². The molecule has 1 unspecified atom stereocenters. The Balaban J connectivity index is 1.68. The summed E-state index contributed by atoms with van der Waals surface area (Å²) in [6.07, 6.45) is 6.52. The van der Waals surface area contributed by atoms with Crippen LogP contribution in [0.4, 0.5) is 0 Å². The molecule has 0 aliphatic carbocycles. The van der Waals surface area contributed by atoms with Gasteiger partial charge in [0.15, 0.2) is 5.78 Å². The van der Waals surface area contributed by atoms with Crippen molar-refractivity contribution in [3.05, 3.63) is 89.0 Å². The number of carbonyl (C=O) groups excluding carboxylic acids is 2. The first-order chi connectivity index (χ1) is 18.4. The summed E-state index contributed by atoms with van der Waals surface area (Å²) in [5.41, 5.74) is 5.73. The monoisotopic (exact) mass is 508 g/mol. The third-order valence-electron chi connectivity index (χ3n) is 7.04. The van der Waals surface area contributed by atoms with Crippen molar-refractivity contribution < 1.29 is 19.2 Å². The van der Waals surface area contributed by atoms with Gasteiger partial charge in [-0.2, -0.15) is 0 Å². The van der Waals surface area contributed by atoms with Crippen molar-refractivity contribution in [1.82, 2.24) is 4.57 Å². The summed E-state index contributed by atoms with van der Waals surface area (Å²) >= 11 is 0. The van der Waals surface area contributed by atoms with Gasteiger partial charge >= 0.3 is 5.97 Å². The number of oxime groups is 1. The molecule has 0 radical (unpaired) electrons. The number of rotatable bonds is 8. The summed E-state index contributed by atoms with van der Waals surface area (Å²) < 4.78 is 8.77. The number of benzene rings is 3. The summed E-state index contributed by atoms with van der Waals surface area (Å²) in [5, 5.41) is 6.09. The molecular weight excluding hydrogens is 476 g/mol. The number of ether oxygens (including phenoxy) is 1. The lowest BCUT2D eigenvalue weighted by molar-refractivity contribution is -0.140. The molecule has 194 valence electrons. The summed E-state index contributed by atoms with van der Waals surface area (Å²) in [6.45, 7) is 8.30. The smallest absolute Gasteiger partial charge is 0.331 e. The predicted molar refractivity (Wildman–Crippen MR) is 151 cm³/mol. The van der Waals surface area contributed by atoms with Gasteiger partial charge in [-0.1, -0.05) is 54.9 Å². The van der Waals surface area contributed by atoms with Crippen LogP contribution >= 0.6 is 0 Å². The Morgan fingerprint density at radius 1 is 1.05 bits per heavy atom. The molecule has 6 heteroatoms. The fourth-order valence-electron chi connectivity index (χ4n) is 5.21. The zero-order valence-corrected chi connectivity index (χ0v) is 22.3. The van der Waals surface area contributed by atoms with Crippen LogP contribution in [0.25, 0.3) is 21.8 Å². The quantitative estimate of drug-likeness (QED) is 0.110. The van der Waals surface area contributed by atoms with E-state index in [0.717, 1.165) is 52.3 Å². The minimum Gasteiger partial charge on any atom is -0.482 e. The summed E-state index contributed by atoms with van der Waals surface area (Å²) in [6, 6.07) is 17.6. The van der Waals surface area contributed by atoms with Gasteiger partial charge in [-0.25, -0.2) is 4.79 Å². The lowest BCUT2D eigenvalue weighted by atomic mass is 9.97. The van der Waals surface area contributed by atoms with Crippen LogP contribution in [0.1, 0.15) is 67.1 Å². The number of carbonyl (C=O) groups is 2. The van der Waals surface area contributed by atoms with E-state index in [0.29, 0.717) is 29.0 Å². The van der Waals surface area contributed by atoms with Gasteiger partial charge in [-0.05, 0) is 56.2 Å². The van der Waals surface area contributed by atoms with Gasteiger partial charge in [0.05, 0.1) is 10.9 Å². The number of aryl methyl sites for hydroxylation is 2. The average Bonchev–Trinajstić information content (AvgIpc) is 3.43. The van der Waals surface area contributed by atoms with E-state index in [1.54, 1.807) is 0 Å². The maximum atomic E-state index is 13.5. The SMILES string of the molecule is CCC/C=C/CC1Oc2c(ccc3c2c2cc(C(=O)c4ccccc4C)ccc2n3CC)/C1=N/OC(C)=O. The van der Waals surface area contributed by atoms with E-state index in [4.69, 9.17) is 9.57 Å². The zero-order chi connectivity index (χ0) is 26.8. The van der Waals surface area contributed by atoms with Crippen LogP contribution in [0.2, 0.25) is 0 Å². The minimum absolute atomic E-state index is 0.00746. The molecule has 1 aliphatic rings. The van der Waals surface area contributed by atoms with Crippen LogP contribution in [-0.2, 0) is 16.2 Å². The minimum atomic E-state index is -0.478. The highest BCUT2D eigenvalue weighted by Crippen LogP contribution is 2.43. The van der Waals surface area contributed by atoms with Crippen molar-refractivity contribution in [1.29, 1.82) is 0 Å².